The van der Waals surface area contributed by atoms with Crippen LogP contribution in [0.1, 0.15) is 18.3 Å². The number of para-hydroxylation sites is 1. The minimum atomic E-state index is -4.61. The molecule has 1 aliphatic rings. The largest absolute Gasteiger partial charge is 0.454 e. The van der Waals surface area contributed by atoms with Crippen LogP contribution in [0.4, 0.5) is 19.0 Å². The van der Waals surface area contributed by atoms with E-state index in [4.69, 9.17) is 9.47 Å². The Hall–Kier alpha value is -3.03. The maximum atomic E-state index is 13.3. The van der Waals surface area contributed by atoms with Gasteiger partial charge in [-0.25, -0.2) is 9.97 Å². The maximum absolute atomic E-state index is 13.3. The fourth-order valence-electron chi connectivity index (χ4n) is 3.02. The van der Waals surface area contributed by atoms with Crippen molar-refractivity contribution in [1.29, 1.82) is 0 Å². The number of benzene rings is 2. The first-order valence-electron chi connectivity index (χ1n) is 8.43. The molecule has 5 nitrogen and oxygen atoms in total. The lowest BCUT2D eigenvalue weighted by atomic mass is 10.1. The second-order valence-electron chi connectivity index (χ2n) is 6.09. The molecule has 0 aliphatic carbocycles. The first-order chi connectivity index (χ1) is 13.0. The number of ether oxygens (including phenoxy) is 2. The van der Waals surface area contributed by atoms with Crippen molar-refractivity contribution in [2.45, 2.75) is 19.6 Å². The molecular formula is C19H16F3N3O2. The summed E-state index contributed by atoms with van der Waals surface area (Å²) in [6.07, 6.45) is -4.61. The average Bonchev–Trinajstić information content (AvgIpc) is 3.12. The van der Waals surface area contributed by atoms with Crippen LogP contribution in [0.3, 0.4) is 0 Å². The van der Waals surface area contributed by atoms with Gasteiger partial charge in [0.05, 0.1) is 5.52 Å². The average molecular weight is 375 g/mol. The molecule has 0 amide bonds. The van der Waals surface area contributed by atoms with Crippen LogP contribution >= 0.6 is 0 Å². The van der Waals surface area contributed by atoms with E-state index in [-0.39, 0.29) is 18.1 Å². The van der Waals surface area contributed by atoms with Gasteiger partial charge in [-0.15, -0.1) is 0 Å². The van der Waals surface area contributed by atoms with Crippen LogP contribution in [0.15, 0.2) is 42.5 Å². The van der Waals surface area contributed by atoms with Crippen molar-refractivity contribution in [3.05, 3.63) is 53.9 Å². The van der Waals surface area contributed by atoms with Crippen LogP contribution < -0.4 is 14.4 Å². The molecule has 0 bridgehead atoms. The molecule has 1 aromatic heterocycles. The van der Waals surface area contributed by atoms with E-state index < -0.39 is 12.0 Å². The van der Waals surface area contributed by atoms with Gasteiger partial charge in [0.1, 0.15) is 5.82 Å². The number of halogens is 3. The molecule has 0 saturated carbocycles. The molecule has 4 rings (SSSR count). The third-order valence-corrected chi connectivity index (χ3v) is 4.33. The third-order valence-electron chi connectivity index (χ3n) is 4.33. The van der Waals surface area contributed by atoms with Crippen molar-refractivity contribution in [2.24, 2.45) is 0 Å². The summed E-state index contributed by atoms with van der Waals surface area (Å²) in [6.45, 7) is 2.90. The maximum Gasteiger partial charge on any atom is 0.451 e. The quantitative estimate of drug-likeness (QED) is 0.676. The Bertz CT molecular complexity index is 992. The van der Waals surface area contributed by atoms with E-state index in [9.17, 15) is 13.2 Å². The second kappa shape index (κ2) is 6.61. The van der Waals surface area contributed by atoms with Gasteiger partial charge in [-0.1, -0.05) is 18.2 Å². The molecular weight excluding hydrogens is 359 g/mol. The van der Waals surface area contributed by atoms with Gasteiger partial charge in [-0.3, -0.25) is 0 Å². The zero-order chi connectivity index (χ0) is 19.0. The fourth-order valence-corrected chi connectivity index (χ4v) is 3.02. The molecule has 0 unspecified atom stereocenters. The predicted octanol–water partition coefficient (Wildman–Crippen LogP) is 4.40. The highest BCUT2D eigenvalue weighted by atomic mass is 19.4. The van der Waals surface area contributed by atoms with Gasteiger partial charge in [0, 0.05) is 18.5 Å². The van der Waals surface area contributed by atoms with Gasteiger partial charge in [0.25, 0.3) is 0 Å². The number of hydrogen-bond donors (Lipinski definition) is 0. The van der Waals surface area contributed by atoms with E-state index in [1.165, 1.54) is 0 Å². The Morgan fingerprint density at radius 2 is 1.81 bits per heavy atom. The highest BCUT2D eigenvalue weighted by Crippen LogP contribution is 2.35. The Morgan fingerprint density at radius 3 is 2.59 bits per heavy atom. The van der Waals surface area contributed by atoms with E-state index in [1.807, 2.05) is 19.1 Å². The van der Waals surface area contributed by atoms with Crippen molar-refractivity contribution in [3.63, 3.8) is 0 Å². The summed E-state index contributed by atoms with van der Waals surface area (Å²) in [7, 11) is 0. The summed E-state index contributed by atoms with van der Waals surface area (Å²) in [5.74, 6) is 0.411. The fraction of sp³-hybridized carbons (Fsp3) is 0.263. The SMILES string of the molecule is CCN(Cc1ccc2c(c1)OCO2)c1nc(C(F)(F)F)nc2ccccc12. The van der Waals surface area contributed by atoms with Gasteiger partial charge in [-0.2, -0.15) is 13.2 Å². The molecule has 8 heteroatoms. The number of fused-ring (bicyclic) bond motifs is 2. The van der Waals surface area contributed by atoms with Gasteiger partial charge in [0.15, 0.2) is 11.5 Å². The van der Waals surface area contributed by atoms with Crippen molar-refractivity contribution < 1.29 is 22.6 Å². The number of alkyl halides is 3. The van der Waals surface area contributed by atoms with Crippen LogP contribution in [-0.4, -0.2) is 23.3 Å². The van der Waals surface area contributed by atoms with Gasteiger partial charge in [0.2, 0.25) is 12.6 Å². The molecule has 140 valence electrons. The molecule has 27 heavy (non-hydrogen) atoms. The minimum Gasteiger partial charge on any atom is -0.454 e. The molecule has 2 heterocycles. The third kappa shape index (κ3) is 3.34. The van der Waals surface area contributed by atoms with E-state index in [0.29, 0.717) is 30.0 Å². The number of rotatable bonds is 4. The number of anilines is 1. The highest BCUT2D eigenvalue weighted by Gasteiger charge is 2.36. The van der Waals surface area contributed by atoms with Crippen LogP contribution in [0.5, 0.6) is 11.5 Å². The van der Waals surface area contributed by atoms with E-state index in [1.54, 1.807) is 35.2 Å². The summed E-state index contributed by atoms with van der Waals surface area (Å²) in [6, 6.07) is 12.2. The van der Waals surface area contributed by atoms with E-state index >= 15 is 0 Å². The lowest BCUT2D eigenvalue weighted by Crippen LogP contribution is -2.25. The van der Waals surface area contributed by atoms with Crippen molar-refractivity contribution in [3.8, 4) is 11.5 Å². The van der Waals surface area contributed by atoms with Gasteiger partial charge >= 0.3 is 6.18 Å². The monoisotopic (exact) mass is 375 g/mol. The number of aromatic nitrogens is 2. The smallest absolute Gasteiger partial charge is 0.451 e. The zero-order valence-corrected chi connectivity index (χ0v) is 14.5. The van der Waals surface area contributed by atoms with E-state index in [0.717, 1.165) is 5.56 Å². The summed E-state index contributed by atoms with van der Waals surface area (Å²) >= 11 is 0. The zero-order valence-electron chi connectivity index (χ0n) is 14.5. The molecule has 0 saturated heterocycles. The van der Waals surface area contributed by atoms with Crippen LogP contribution in [-0.2, 0) is 12.7 Å². The molecule has 3 aromatic rings. The Labute approximate surface area is 153 Å². The normalized spacial score (nSPS) is 13.2. The standard InChI is InChI=1S/C19H16F3N3O2/c1-2-25(10-12-7-8-15-16(9-12)27-11-26-15)17-13-5-3-4-6-14(13)23-18(24-17)19(20,21)22/h3-9H,2,10-11H2,1H3. The molecule has 0 spiro atoms. The molecule has 0 N–H and O–H groups in total. The predicted molar refractivity (Wildman–Crippen MR) is 93.8 cm³/mol. The van der Waals surface area contributed by atoms with Crippen LogP contribution in [0.25, 0.3) is 10.9 Å². The molecule has 0 fully saturated rings. The number of nitrogens with zero attached hydrogens (tertiary/aromatic N) is 3. The first kappa shape index (κ1) is 17.4. The second-order valence-corrected chi connectivity index (χ2v) is 6.09. The Balaban J connectivity index is 1.76. The Morgan fingerprint density at radius 1 is 1.04 bits per heavy atom. The summed E-state index contributed by atoms with van der Waals surface area (Å²) in [4.78, 5) is 9.31. The Kier molecular flexibility index (Phi) is 4.25. The molecule has 0 radical (unpaired) electrons. The van der Waals surface area contributed by atoms with Gasteiger partial charge in [-0.05, 0) is 36.8 Å². The molecule has 0 atom stereocenters. The van der Waals surface area contributed by atoms with Gasteiger partial charge < -0.3 is 14.4 Å². The van der Waals surface area contributed by atoms with Crippen molar-refractivity contribution in [1.82, 2.24) is 9.97 Å². The molecule has 1 aliphatic heterocycles. The van der Waals surface area contributed by atoms with Crippen molar-refractivity contribution >= 4 is 16.7 Å². The highest BCUT2D eigenvalue weighted by molar-refractivity contribution is 5.89. The van der Waals surface area contributed by atoms with Crippen molar-refractivity contribution in [2.75, 3.05) is 18.2 Å². The lowest BCUT2D eigenvalue weighted by Gasteiger charge is -2.24. The number of hydrogen-bond acceptors (Lipinski definition) is 5. The lowest BCUT2D eigenvalue weighted by molar-refractivity contribution is -0.144. The van der Waals surface area contributed by atoms with Crippen LogP contribution in [0.2, 0.25) is 0 Å². The first-order valence-corrected chi connectivity index (χ1v) is 8.43. The summed E-state index contributed by atoms with van der Waals surface area (Å²) < 4.78 is 50.5. The summed E-state index contributed by atoms with van der Waals surface area (Å²) in [5.41, 5.74) is 1.15. The van der Waals surface area contributed by atoms with Crippen LogP contribution in [0, 0.1) is 0 Å². The molecule has 2 aromatic carbocycles. The summed E-state index contributed by atoms with van der Waals surface area (Å²) in [5, 5.41) is 0.577. The van der Waals surface area contributed by atoms with E-state index in [2.05, 4.69) is 9.97 Å². The minimum absolute atomic E-state index is 0.168. The topological polar surface area (TPSA) is 47.5 Å².